The summed E-state index contributed by atoms with van der Waals surface area (Å²) < 4.78 is 15.1. The van der Waals surface area contributed by atoms with Crippen LogP contribution in [0.3, 0.4) is 0 Å². The SMILES string of the molecule is c1cc(-c2ccc(N(c3ccc(-c4cccc5oc6ccccc6c45)cc3)c3ccccc3-c3ccc4c(c3)c3cccc5c3n4-c3ccccc3O5)cc2)cc(-c2ccc3ccccc3c2)c1. The maximum atomic E-state index is 6.46. The number of para-hydroxylation sites is 5. The second kappa shape index (κ2) is 15.2. The van der Waals surface area contributed by atoms with E-state index in [-0.39, 0.29) is 0 Å². The Hall–Kier alpha value is -9.12. The summed E-state index contributed by atoms with van der Waals surface area (Å²) in [6.45, 7) is 0. The van der Waals surface area contributed by atoms with Crippen LogP contribution in [0.2, 0.25) is 0 Å². The fourth-order valence-corrected chi connectivity index (χ4v) is 10.6. The van der Waals surface area contributed by atoms with Crippen LogP contribution in [0.25, 0.3) is 105 Å². The van der Waals surface area contributed by atoms with Crippen molar-refractivity contribution in [3.05, 3.63) is 243 Å². The van der Waals surface area contributed by atoms with Crippen molar-refractivity contribution in [2.45, 2.75) is 0 Å². The molecule has 0 saturated heterocycles. The Morgan fingerprint density at radius 3 is 1.85 bits per heavy atom. The number of nitrogens with zero attached hydrogens (tertiary/aromatic N) is 2. The van der Waals surface area contributed by atoms with E-state index in [1.54, 1.807) is 0 Å². The van der Waals surface area contributed by atoms with Crippen LogP contribution in [0.1, 0.15) is 0 Å². The molecule has 68 heavy (non-hydrogen) atoms. The Labute approximate surface area is 392 Å². The molecule has 0 radical (unpaired) electrons. The van der Waals surface area contributed by atoms with E-state index in [1.807, 2.05) is 24.3 Å². The smallest absolute Gasteiger partial charge is 0.152 e. The molecular formula is C64H40N2O2. The largest absolute Gasteiger partial charge is 0.456 e. The van der Waals surface area contributed by atoms with E-state index < -0.39 is 0 Å². The van der Waals surface area contributed by atoms with Gasteiger partial charge in [0.05, 0.1) is 22.4 Å². The van der Waals surface area contributed by atoms with Crippen molar-refractivity contribution in [3.63, 3.8) is 0 Å². The molecule has 0 saturated carbocycles. The van der Waals surface area contributed by atoms with Gasteiger partial charge in [0, 0.05) is 38.5 Å². The van der Waals surface area contributed by atoms with Gasteiger partial charge in [0.2, 0.25) is 0 Å². The molecule has 2 aromatic heterocycles. The lowest BCUT2D eigenvalue weighted by atomic mass is 9.96. The molecule has 4 nitrogen and oxygen atoms in total. The molecular weight excluding hydrogens is 829 g/mol. The second-order valence-electron chi connectivity index (χ2n) is 17.7. The number of hydrogen-bond donors (Lipinski definition) is 0. The maximum absolute atomic E-state index is 6.46. The number of furan rings is 1. The van der Waals surface area contributed by atoms with Gasteiger partial charge in [-0.1, -0.05) is 158 Å². The monoisotopic (exact) mass is 868 g/mol. The molecule has 13 aromatic rings. The van der Waals surface area contributed by atoms with Crippen molar-refractivity contribution >= 4 is 71.6 Å². The standard InChI is InChI=1S/C64H40N2O2/c1-2-13-44-39-47(27-26-41(44)12-1)46-15-9-14-45(38-46)42-28-33-49(34-29-42)65(50-35-30-43(31-36-50)52-18-10-24-61-63(52)54-17-4-7-22-59(54)67-61)56-20-5-3-16-51(56)48-32-37-57-55(40-48)53-19-11-25-62-64(53)66(57)58-21-6-8-23-60(58)68-62/h1-40H. The van der Waals surface area contributed by atoms with Crippen LogP contribution in [-0.2, 0) is 0 Å². The normalized spacial score (nSPS) is 11.9. The lowest BCUT2D eigenvalue weighted by molar-refractivity contribution is 0.476. The van der Waals surface area contributed by atoms with Gasteiger partial charge in [-0.25, -0.2) is 0 Å². The average Bonchev–Trinajstić information content (AvgIpc) is 3.96. The van der Waals surface area contributed by atoms with Crippen molar-refractivity contribution in [1.82, 2.24) is 4.57 Å². The van der Waals surface area contributed by atoms with E-state index >= 15 is 0 Å². The topological polar surface area (TPSA) is 30.5 Å². The summed E-state index contributed by atoms with van der Waals surface area (Å²) in [7, 11) is 0. The van der Waals surface area contributed by atoms with Gasteiger partial charge >= 0.3 is 0 Å². The number of benzene rings is 11. The molecule has 1 aliphatic rings. The molecule has 0 atom stereocenters. The van der Waals surface area contributed by atoms with Gasteiger partial charge in [-0.2, -0.15) is 0 Å². The van der Waals surface area contributed by atoms with Gasteiger partial charge in [0.25, 0.3) is 0 Å². The lowest BCUT2D eigenvalue weighted by Crippen LogP contribution is -2.11. The Bertz CT molecular complexity index is 4120. The van der Waals surface area contributed by atoms with Crippen LogP contribution in [0.5, 0.6) is 11.5 Å². The van der Waals surface area contributed by atoms with E-state index in [0.717, 1.165) is 95.0 Å². The first-order valence-corrected chi connectivity index (χ1v) is 23.1. The number of aromatic nitrogens is 1. The number of anilines is 3. The molecule has 0 fully saturated rings. The average molecular weight is 869 g/mol. The van der Waals surface area contributed by atoms with Gasteiger partial charge in [-0.05, 0) is 135 Å². The highest BCUT2D eigenvalue weighted by Crippen LogP contribution is 2.48. The Morgan fingerprint density at radius 2 is 0.971 bits per heavy atom. The molecule has 0 aliphatic carbocycles. The fourth-order valence-electron chi connectivity index (χ4n) is 10.6. The minimum absolute atomic E-state index is 0.861. The molecule has 0 amide bonds. The van der Waals surface area contributed by atoms with Crippen molar-refractivity contribution in [3.8, 4) is 61.7 Å². The highest BCUT2D eigenvalue weighted by atomic mass is 16.5. The molecule has 14 rings (SSSR count). The first kappa shape index (κ1) is 38.2. The second-order valence-corrected chi connectivity index (χ2v) is 17.7. The van der Waals surface area contributed by atoms with Crippen LogP contribution >= 0.6 is 0 Å². The first-order valence-electron chi connectivity index (χ1n) is 23.1. The Morgan fingerprint density at radius 1 is 0.353 bits per heavy atom. The molecule has 0 bridgehead atoms. The van der Waals surface area contributed by atoms with Gasteiger partial charge in [0.15, 0.2) is 11.5 Å². The Kier molecular flexibility index (Phi) is 8.55. The number of rotatable bonds is 7. The zero-order chi connectivity index (χ0) is 44.7. The minimum Gasteiger partial charge on any atom is -0.456 e. The van der Waals surface area contributed by atoms with Crippen LogP contribution in [0, 0.1) is 0 Å². The summed E-state index contributed by atoms with van der Waals surface area (Å²) in [5, 5.41) is 7.09. The van der Waals surface area contributed by atoms with Crippen LogP contribution in [-0.4, -0.2) is 4.57 Å². The van der Waals surface area contributed by atoms with Crippen LogP contribution < -0.4 is 9.64 Å². The van der Waals surface area contributed by atoms with E-state index in [9.17, 15) is 0 Å². The van der Waals surface area contributed by atoms with Gasteiger partial charge in [0.1, 0.15) is 11.2 Å². The third-order valence-corrected chi connectivity index (χ3v) is 13.8. The molecule has 318 valence electrons. The first-order chi connectivity index (χ1) is 33.7. The third kappa shape index (κ3) is 6.08. The van der Waals surface area contributed by atoms with Crippen LogP contribution in [0.15, 0.2) is 247 Å². The molecule has 1 aliphatic heterocycles. The van der Waals surface area contributed by atoms with E-state index in [1.165, 1.54) is 38.2 Å². The van der Waals surface area contributed by atoms with Crippen molar-refractivity contribution < 1.29 is 9.15 Å². The Balaban J connectivity index is 0.899. The predicted molar refractivity (Wildman–Crippen MR) is 282 cm³/mol. The molecule has 0 unspecified atom stereocenters. The molecule has 3 heterocycles. The summed E-state index contributed by atoms with van der Waals surface area (Å²) in [5.74, 6) is 1.73. The number of fused-ring (bicyclic) bond motifs is 9. The highest BCUT2D eigenvalue weighted by molar-refractivity contribution is 6.14. The maximum Gasteiger partial charge on any atom is 0.152 e. The summed E-state index contributed by atoms with van der Waals surface area (Å²) in [6, 6.07) is 87.1. The van der Waals surface area contributed by atoms with Crippen molar-refractivity contribution in [2.75, 3.05) is 4.90 Å². The van der Waals surface area contributed by atoms with E-state index in [0.29, 0.717) is 0 Å². The zero-order valence-electron chi connectivity index (χ0n) is 36.8. The summed E-state index contributed by atoms with van der Waals surface area (Å²) >= 11 is 0. The molecule has 0 N–H and O–H groups in total. The predicted octanol–water partition coefficient (Wildman–Crippen LogP) is 18.1. The highest BCUT2D eigenvalue weighted by Gasteiger charge is 2.25. The molecule has 0 spiro atoms. The van der Waals surface area contributed by atoms with Crippen molar-refractivity contribution in [2.24, 2.45) is 0 Å². The number of hydrogen-bond acceptors (Lipinski definition) is 3. The summed E-state index contributed by atoms with van der Waals surface area (Å²) in [4.78, 5) is 2.39. The van der Waals surface area contributed by atoms with Gasteiger partial charge in [-0.15, -0.1) is 0 Å². The van der Waals surface area contributed by atoms with E-state index in [2.05, 4.69) is 228 Å². The minimum atomic E-state index is 0.861. The number of ether oxygens (including phenoxy) is 1. The summed E-state index contributed by atoms with van der Waals surface area (Å²) in [6.07, 6.45) is 0. The fraction of sp³-hybridized carbons (Fsp3) is 0. The third-order valence-electron chi connectivity index (χ3n) is 13.8. The van der Waals surface area contributed by atoms with Gasteiger partial charge in [-0.3, -0.25) is 0 Å². The summed E-state index contributed by atoms with van der Waals surface area (Å²) in [5.41, 5.74) is 17.5. The van der Waals surface area contributed by atoms with E-state index in [4.69, 9.17) is 9.15 Å². The lowest BCUT2D eigenvalue weighted by Gasteiger charge is -2.28. The van der Waals surface area contributed by atoms with Crippen molar-refractivity contribution in [1.29, 1.82) is 0 Å². The zero-order valence-corrected chi connectivity index (χ0v) is 36.8. The van der Waals surface area contributed by atoms with Gasteiger partial charge < -0.3 is 18.6 Å². The molecule has 11 aromatic carbocycles. The molecule has 4 heteroatoms. The van der Waals surface area contributed by atoms with Crippen LogP contribution in [0.4, 0.5) is 17.1 Å². The quantitative estimate of drug-likeness (QED) is 0.160.